The molecule has 0 spiro atoms. The first-order valence-electron chi connectivity index (χ1n) is 10.3. The Morgan fingerprint density at radius 2 is 2.03 bits per heavy atom. The number of nitrogens with one attached hydrogen (secondary N) is 2. The van der Waals surface area contributed by atoms with Gasteiger partial charge < -0.3 is 0 Å². The maximum absolute atomic E-state index is 12.8. The topological polar surface area (TPSA) is 94.7 Å². The predicted molar refractivity (Wildman–Crippen MR) is 110 cm³/mol. The Balaban J connectivity index is 1.49. The number of aromatic nitrogens is 4. The molecule has 11 heteroatoms. The third-order valence-corrected chi connectivity index (χ3v) is 6.05. The van der Waals surface area contributed by atoms with Crippen molar-refractivity contribution in [1.82, 2.24) is 35.5 Å². The largest absolute Gasteiger partial charge is 0.401 e. The molecule has 3 aromatic rings. The van der Waals surface area contributed by atoms with Gasteiger partial charge in [-0.1, -0.05) is 0 Å². The van der Waals surface area contributed by atoms with E-state index in [0.717, 1.165) is 40.9 Å². The molecule has 2 N–H and O–H groups in total. The standard InChI is InChI=1S/C21H21F3N8/c22-21(23,24)13-31-11-20(12-31,3-4-25)32-10-15(9-29-32)19-16-2-1-5-26-18(16)6-17(30-19)14-7-27-28-8-14/h1-2,5-6,9-10,14,27-28H,3,7-8,11-13H2. The number of halogens is 3. The first-order valence-corrected chi connectivity index (χ1v) is 10.3. The van der Waals surface area contributed by atoms with E-state index in [2.05, 4.69) is 27.0 Å². The van der Waals surface area contributed by atoms with Crippen molar-refractivity contribution >= 4 is 10.9 Å². The van der Waals surface area contributed by atoms with Crippen molar-refractivity contribution in [3.05, 3.63) is 42.5 Å². The summed E-state index contributed by atoms with van der Waals surface area (Å²) in [5, 5.41) is 14.6. The number of fused-ring (bicyclic) bond motifs is 1. The lowest BCUT2D eigenvalue weighted by Crippen LogP contribution is -2.64. The summed E-state index contributed by atoms with van der Waals surface area (Å²) in [6, 6.07) is 7.88. The Hall–Kier alpha value is -3.07. The minimum Gasteiger partial charge on any atom is -0.290 e. The molecule has 3 aromatic heterocycles. The second kappa shape index (κ2) is 7.81. The summed E-state index contributed by atoms with van der Waals surface area (Å²) >= 11 is 0. The number of hydrazine groups is 1. The number of nitrogens with zero attached hydrogens (tertiary/aromatic N) is 6. The Kier molecular flexibility index (Phi) is 5.08. The number of alkyl halides is 3. The molecule has 2 saturated heterocycles. The Morgan fingerprint density at radius 1 is 1.25 bits per heavy atom. The first-order chi connectivity index (χ1) is 15.4. The third-order valence-electron chi connectivity index (χ3n) is 6.05. The van der Waals surface area contributed by atoms with E-state index in [9.17, 15) is 18.4 Å². The summed E-state index contributed by atoms with van der Waals surface area (Å²) in [5.74, 6) is 0.197. The van der Waals surface area contributed by atoms with Gasteiger partial charge in [0.1, 0.15) is 5.54 Å². The predicted octanol–water partition coefficient (Wildman–Crippen LogP) is 2.17. The van der Waals surface area contributed by atoms with Gasteiger partial charge in [-0.05, 0) is 18.2 Å². The monoisotopic (exact) mass is 442 g/mol. The van der Waals surface area contributed by atoms with Crippen molar-refractivity contribution in [2.45, 2.75) is 24.1 Å². The molecule has 0 aliphatic carbocycles. The van der Waals surface area contributed by atoms with Crippen LogP contribution in [0.2, 0.25) is 0 Å². The lowest BCUT2D eigenvalue weighted by atomic mass is 9.87. The lowest BCUT2D eigenvalue weighted by molar-refractivity contribution is -0.167. The minimum atomic E-state index is -4.27. The fraction of sp³-hybridized carbons (Fsp3) is 0.429. The van der Waals surface area contributed by atoms with Crippen LogP contribution < -0.4 is 10.9 Å². The highest BCUT2D eigenvalue weighted by Gasteiger charge is 2.48. The number of hydrogen-bond donors (Lipinski definition) is 2. The highest BCUT2D eigenvalue weighted by molar-refractivity contribution is 5.92. The molecule has 0 radical (unpaired) electrons. The molecule has 166 valence electrons. The SMILES string of the molecule is N#CCC1(n2cc(-c3nc(C4CNNC4)cc4ncccc34)cn2)CN(CC(F)(F)F)C1. The second-order valence-electron chi connectivity index (χ2n) is 8.42. The van der Waals surface area contributed by atoms with Gasteiger partial charge in [0.2, 0.25) is 0 Å². The van der Waals surface area contributed by atoms with Gasteiger partial charge in [-0.3, -0.25) is 30.4 Å². The summed E-state index contributed by atoms with van der Waals surface area (Å²) in [4.78, 5) is 10.7. The molecule has 0 unspecified atom stereocenters. The van der Waals surface area contributed by atoms with Crippen LogP contribution in [0.3, 0.4) is 0 Å². The zero-order valence-corrected chi connectivity index (χ0v) is 17.1. The molecule has 5 heterocycles. The molecular weight excluding hydrogens is 421 g/mol. The van der Waals surface area contributed by atoms with Crippen LogP contribution in [-0.4, -0.2) is 63.5 Å². The van der Waals surface area contributed by atoms with Crippen LogP contribution in [0.1, 0.15) is 18.0 Å². The van der Waals surface area contributed by atoms with Crippen molar-refractivity contribution in [2.75, 3.05) is 32.7 Å². The maximum atomic E-state index is 12.8. The third kappa shape index (κ3) is 3.81. The Bertz CT molecular complexity index is 1170. The van der Waals surface area contributed by atoms with Crippen LogP contribution in [0.25, 0.3) is 22.2 Å². The van der Waals surface area contributed by atoms with Gasteiger partial charge in [-0.25, -0.2) is 0 Å². The average molecular weight is 442 g/mol. The average Bonchev–Trinajstić information content (AvgIpc) is 3.43. The van der Waals surface area contributed by atoms with E-state index < -0.39 is 18.3 Å². The molecule has 0 amide bonds. The fourth-order valence-electron chi connectivity index (χ4n) is 4.54. The van der Waals surface area contributed by atoms with Crippen LogP contribution >= 0.6 is 0 Å². The quantitative estimate of drug-likeness (QED) is 0.625. The van der Waals surface area contributed by atoms with Crippen molar-refractivity contribution < 1.29 is 13.2 Å². The van der Waals surface area contributed by atoms with Crippen molar-refractivity contribution in [2.24, 2.45) is 0 Å². The summed E-state index contributed by atoms with van der Waals surface area (Å²) in [7, 11) is 0. The summed E-state index contributed by atoms with van der Waals surface area (Å²) in [6.07, 6.45) is 0.989. The van der Waals surface area contributed by atoms with Crippen LogP contribution in [0.5, 0.6) is 0 Å². The van der Waals surface area contributed by atoms with E-state index in [1.165, 1.54) is 4.90 Å². The van der Waals surface area contributed by atoms with Crippen LogP contribution in [-0.2, 0) is 5.54 Å². The summed E-state index contributed by atoms with van der Waals surface area (Å²) in [5.41, 5.74) is 8.64. The Morgan fingerprint density at radius 3 is 2.75 bits per heavy atom. The van der Waals surface area contributed by atoms with Crippen molar-refractivity contribution in [1.29, 1.82) is 5.26 Å². The molecule has 0 bridgehead atoms. The van der Waals surface area contributed by atoms with Crippen molar-refractivity contribution in [3.63, 3.8) is 0 Å². The number of pyridine rings is 2. The van der Waals surface area contributed by atoms with E-state index in [4.69, 9.17) is 4.98 Å². The molecule has 8 nitrogen and oxygen atoms in total. The minimum absolute atomic E-state index is 0.0810. The Labute approximate surface area is 182 Å². The van der Waals surface area contributed by atoms with Crippen molar-refractivity contribution in [3.8, 4) is 17.3 Å². The molecular formula is C21H21F3N8. The highest BCUT2D eigenvalue weighted by Crippen LogP contribution is 2.36. The summed E-state index contributed by atoms with van der Waals surface area (Å²) in [6.45, 7) is 0.763. The molecule has 0 atom stereocenters. The lowest BCUT2D eigenvalue weighted by Gasteiger charge is -2.49. The van der Waals surface area contributed by atoms with Gasteiger partial charge in [-0.2, -0.15) is 23.5 Å². The zero-order valence-electron chi connectivity index (χ0n) is 17.1. The number of likely N-dealkylation sites (tertiary alicyclic amines) is 1. The number of hydrogen-bond acceptors (Lipinski definition) is 7. The first kappa shape index (κ1) is 20.8. The van der Waals surface area contributed by atoms with E-state index in [-0.39, 0.29) is 25.4 Å². The van der Waals surface area contributed by atoms with Crippen LogP contribution in [0.4, 0.5) is 13.2 Å². The zero-order chi connectivity index (χ0) is 22.3. The van der Waals surface area contributed by atoms with Gasteiger partial charge in [0.25, 0.3) is 0 Å². The number of nitriles is 1. The van der Waals surface area contributed by atoms with Gasteiger partial charge >= 0.3 is 6.18 Å². The van der Waals surface area contributed by atoms with Crippen LogP contribution in [0, 0.1) is 11.3 Å². The van der Waals surface area contributed by atoms with E-state index >= 15 is 0 Å². The van der Waals surface area contributed by atoms with Gasteiger partial charge in [-0.15, -0.1) is 0 Å². The van der Waals surface area contributed by atoms with E-state index in [1.807, 2.05) is 18.2 Å². The van der Waals surface area contributed by atoms with E-state index in [0.29, 0.717) is 0 Å². The normalized spacial score (nSPS) is 19.2. The molecule has 0 saturated carbocycles. The van der Waals surface area contributed by atoms with Gasteiger partial charge in [0.05, 0.1) is 36.4 Å². The number of rotatable bonds is 5. The van der Waals surface area contributed by atoms with Crippen LogP contribution in [0.15, 0.2) is 36.8 Å². The molecule has 32 heavy (non-hydrogen) atoms. The van der Waals surface area contributed by atoms with Gasteiger partial charge in [0.15, 0.2) is 0 Å². The molecule has 2 aliphatic rings. The molecule has 2 fully saturated rings. The fourth-order valence-corrected chi connectivity index (χ4v) is 4.54. The maximum Gasteiger partial charge on any atom is 0.401 e. The summed E-state index contributed by atoms with van der Waals surface area (Å²) < 4.78 is 39.9. The molecule has 0 aromatic carbocycles. The molecule has 5 rings (SSSR count). The molecule has 2 aliphatic heterocycles. The smallest absolute Gasteiger partial charge is 0.290 e. The second-order valence-corrected chi connectivity index (χ2v) is 8.42. The van der Waals surface area contributed by atoms with Gasteiger partial charge in [0, 0.05) is 61.1 Å². The van der Waals surface area contributed by atoms with E-state index in [1.54, 1.807) is 23.3 Å². The highest BCUT2D eigenvalue weighted by atomic mass is 19.4.